The van der Waals surface area contributed by atoms with Crippen molar-refractivity contribution in [3.05, 3.63) is 101 Å². The number of ether oxygens (including phenoxy) is 1. The quantitative estimate of drug-likeness (QED) is 0.283. The molecule has 2 aromatic carbocycles. The molecule has 190 valence electrons. The van der Waals surface area contributed by atoms with Crippen LogP contribution in [0.2, 0.25) is 0 Å². The molecule has 2 aromatic heterocycles. The fourth-order valence-electron chi connectivity index (χ4n) is 4.54. The third kappa shape index (κ3) is 5.20. The molecule has 2 N–H and O–H groups in total. The van der Waals surface area contributed by atoms with E-state index in [1.807, 2.05) is 59.6 Å². The van der Waals surface area contributed by atoms with Crippen LogP contribution in [0.25, 0.3) is 5.69 Å². The molecular weight excluding hydrogens is 574 g/mol. The molecule has 4 aromatic rings. The Balaban J connectivity index is 1.65. The Kier molecular flexibility index (Phi) is 6.93. The number of pyridine rings is 1. The summed E-state index contributed by atoms with van der Waals surface area (Å²) in [6.07, 6.45) is 4.89. The molecule has 8 nitrogen and oxygen atoms in total. The Hall–Kier alpha value is -3.41. The van der Waals surface area contributed by atoms with Crippen molar-refractivity contribution in [3.63, 3.8) is 0 Å². The lowest BCUT2D eigenvalue weighted by atomic mass is 10.0. The number of rotatable bonds is 7. The lowest BCUT2D eigenvalue weighted by Crippen LogP contribution is -2.30. The molecule has 1 fully saturated rings. The van der Waals surface area contributed by atoms with Gasteiger partial charge in [0.2, 0.25) is 10.0 Å². The van der Waals surface area contributed by atoms with Crippen molar-refractivity contribution in [2.45, 2.75) is 12.1 Å². The Morgan fingerprint density at radius 1 is 1.05 bits per heavy atom. The summed E-state index contributed by atoms with van der Waals surface area (Å²) in [6.45, 7) is 0. The van der Waals surface area contributed by atoms with Gasteiger partial charge in [0.25, 0.3) is 0 Å². The zero-order chi connectivity index (χ0) is 26.2. The first-order chi connectivity index (χ1) is 17.7. The second-order valence-corrected chi connectivity index (χ2v) is 11.6. The minimum atomic E-state index is -3.48. The zero-order valence-corrected chi connectivity index (χ0v) is 23.2. The van der Waals surface area contributed by atoms with Crippen LogP contribution in [0, 0.1) is 0 Å². The van der Waals surface area contributed by atoms with Gasteiger partial charge in [0.05, 0.1) is 30.8 Å². The standard InChI is InChI=1S/C26H24BrN5O3S2/c1-35-23-16-19(11-12-20(23)30-37(2,33)34)32-25(24(29-26(32)36)21-9-3-4-13-28-21)22-10-6-14-31(22)18-8-5-7-17(27)15-18/h3-16,24-25,30H,1-2H3,(H,29,36)/t24-,25-/m0/s1. The van der Waals surface area contributed by atoms with Gasteiger partial charge in [-0.25, -0.2) is 8.42 Å². The molecule has 5 rings (SSSR count). The molecule has 3 heterocycles. The molecule has 0 spiro atoms. The zero-order valence-electron chi connectivity index (χ0n) is 20.0. The molecule has 11 heteroatoms. The van der Waals surface area contributed by atoms with Crippen LogP contribution in [0.4, 0.5) is 11.4 Å². The number of anilines is 2. The van der Waals surface area contributed by atoms with Gasteiger partial charge in [-0.05, 0) is 66.8 Å². The summed E-state index contributed by atoms with van der Waals surface area (Å²) < 4.78 is 34.8. The van der Waals surface area contributed by atoms with Crippen molar-refractivity contribution in [1.29, 1.82) is 0 Å². The van der Waals surface area contributed by atoms with Crippen LogP contribution in [0.3, 0.4) is 0 Å². The molecule has 0 saturated carbocycles. The summed E-state index contributed by atoms with van der Waals surface area (Å²) in [4.78, 5) is 6.64. The Bertz CT molecular complexity index is 1560. The van der Waals surface area contributed by atoms with Crippen LogP contribution in [0.5, 0.6) is 5.75 Å². The van der Waals surface area contributed by atoms with E-state index in [2.05, 4.69) is 47.7 Å². The predicted octanol–water partition coefficient (Wildman–Crippen LogP) is 5.19. The Morgan fingerprint density at radius 2 is 1.89 bits per heavy atom. The largest absolute Gasteiger partial charge is 0.494 e. The SMILES string of the molecule is COc1cc(N2C(=S)N[C@@H](c3ccccn3)[C@@H]2c2cccn2-c2cccc(Br)c2)ccc1NS(C)(=O)=O. The van der Waals surface area contributed by atoms with E-state index in [0.29, 0.717) is 16.5 Å². The fourth-order valence-corrected chi connectivity index (χ4v) is 5.84. The predicted molar refractivity (Wildman–Crippen MR) is 153 cm³/mol. The second-order valence-electron chi connectivity index (χ2n) is 8.54. The Morgan fingerprint density at radius 3 is 2.59 bits per heavy atom. The molecule has 0 amide bonds. The van der Waals surface area contributed by atoms with Gasteiger partial charge in [0, 0.05) is 40.0 Å². The maximum atomic E-state index is 11.8. The summed E-state index contributed by atoms with van der Waals surface area (Å²) >= 11 is 9.43. The summed E-state index contributed by atoms with van der Waals surface area (Å²) in [5, 5.41) is 3.98. The van der Waals surface area contributed by atoms with Gasteiger partial charge in [-0.15, -0.1) is 0 Å². The average molecular weight is 599 g/mol. The lowest BCUT2D eigenvalue weighted by molar-refractivity contribution is 0.417. The maximum Gasteiger partial charge on any atom is 0.229 e. The number of aromatic nitrogens is 2. The number of nitrogens with one attached hydrogen (secondary N) is 2. The van der Waals surface area contributed by atoms with Gasteiger partial charge in [-0.2, -0.15) is 0 Å². The number of sulfonamides is 1. The number of benzene rings is 2. The van der Waals surface area contributed by atoms with Gasteiger partial charge in [0.1, 0.15) is 11.8 Å². The van der Waals surface area contributed by atoms with Crippen LogP contribution in [0.1, 0.15) is 23.5 Å². The molecule has 0 bridgehead atoms. The number of nitrogens with zero attached hydrogens (tertiary/aromatic N) is 3. The first-order valence-electron chi connectivity index (χ1n) is 11.3. The highest BCUT2D eigenvalue weighted by Crippen LogP contribution is 2.44. The molecular formula is C26H24BrN5O3S2. The van der Waals surface area contributed by atoms with Gasteiger partial charge >= 0.3 is 0 Å². The normalized spacial score (nSPS) is 17.5. The summed E-state index contributed by atoms with van der Waals surface area (Å²) in [7, 11) is -1.98. The van der Waals surface area contributed by atoms with Gasteiger partial charge in [-0.1, -0.05) is 28.1 Å². The van der Waals surface area contributed by atoms with Gasteiger partial charge in [-0.3, -0.25) is 9.71 Å². The molecule has 1 aliphatic heterocycles. The highest BCUT2D eigenvalue weighted by atomic mass is 79.9. The molecule has 0 radical (unpaired) electrons. The van der Waals surface area contributed by atoms with Crippen molar-refractivity contribution in [2.24, 2.45) is 0 Å². The smallest absolute Gasteiger partial charge is 0.229 e. The first-order valence-corrected chi connectivity index (χ1v) is 14.4. The molecule has 0 unspecified atom stereocenters. The van der Waals surface area contributed by atoms with Crippen LogP contribution in [-0.4, -0.2) is 36.4 Å². The second kappa shape index (κ2) is 10.2. The van der Waals surface area contributed by atoms with E-state index in [1.54, 1.807) is 18.3 Å². The molecule has 2 atom stereocenters. The van der Waals surface area contributed by atoms with E-state index >= 15 is 0 Å². The Labute approximate surface area is 229 Å². The first kappa shape index (κ1) is 25.2. The van der Waals surface area contributed by atoms with Crippen molar-refractivity contribution in [3.8, 4) is 11.4 Å². The van der Waals surface area contributed by atoms with Crippen LogP contribution in [0.15, 0.2) is 89.7 Å². The van der Waals surface area contributed by atoms with Crippen molar-refractivity contribution >= 4 is 54.7 Å². The highest BCUT2D eigenvalue weighted by Gasteiger charge is 2.42. The highest BCUT2D eigenvalue weighted by molar-refractivity contribution is 9.10. The van der Waals surface area contributed by atoms with Crippen LogP contribution >= 0.6 is 28.1 Å². The van der Waals surface area contributed by atoms with Crippen molar-refractivity contribution in [2.75, 3.05) is 23.0 Å². The minimum absolute atomic E-state index is 0.241. The summed E-state index contributed by atoms with van der Waals surface area (Å²) in [5.74, 6) is 0.383. The van der Waals surface area contributed by atoms with E-state index in [9.17, 15) is 8.42 Å². The lowest BCUT2D eigenvalue weighted by Gasteiger charge is -2.29. The third-order valence-corrected chi connectivity index (χ3v) is 7.42. The summed E-state index contributed by atoms with van der Waals surface area (Å²) in [5.41, 5.74) is 3.94. The molecule has 37 heavy (non-hydrogen) atoms. The van der Waals surface area contributed by atoms with Crippen LogP contribution in [-0.2, 0) is 10.0 Å². The number of thiocarbonyl (C=S) groups is 1. The maximum absolute atomic E-state index is 11.8. The van der Waals surface area contributed by atoms with Gasteiger partial charge < -0.3 is 19.5 Å². The number of hydrogen-bond donors (Lipinski definition) is 2. The monoisotopic (exact) mass is 597 g/mol. The van der Waals surface area contributed by atoms with Crippen molar-refractivity contribution < 1.29 is 13.2 Å². The average Bonchev–Trinajstić information content (AvgIpc) is 3.48. The van der Waals surface area contributed by atoms with E-state index in [0.717, 1.165) is 33.5 Å². The van der Waals surface area contributed by atoms with E-state index in [1.165, 1.54) is 7.11 Å². The van der Waals surface area contributed by atoms with Crippen molar-refractivity contribution in [1.82, 2.24) is 14.9 Å². The van der Waals surface area contributed by atoms with E-state index < -0.39 is 10.0 Å². The molecule has 1 aliphatic rings. The topological polar surface area (TPSA) is 88.5 Å². The fraction of sp³-hybridized carbons (Fsp3) is 0.154. The number of hydrogen-bond acceptors (Lipinski definition) is 5. The molecule has 0 aliphatic carbocycles. The van der Waals surface area contributed by atoms with Gasteiger partial charge in [0.15, 0.2) is 5.11 Å². The number of methoxy groups -OCH3 is 1. The summed E-state index contributed by atoms with van der Waals surface area (Å²) in [6, 6.07) is 22.7. The van der Waals surface area contributed by atoms with E-state index in [4.69, 9.17) is 17.0 Å². The number of halogens is 1. The third-order valence-electron chi connectivity index (χ3n) is 6.03. The minimum Gasteiger partial charge on any atom is -0.494 e. The van der Waals surface area contributed by atoms with E-state index in [-0.39, 0.29) is 12.1 Å². The molecule has 1 saturated heterocycles. The van der Waals surface area contributed by atoms with Crippen LogP contribution < -0.4 is 19.7 Å².